The van der Waals surface area contributed by atoms with Crippen LogP contribution in [0.15, 0.2) is 46.0 Å². The molecule has 0 amide bonds. The first-order valence-electron chi connectivity index (χ1n) is 7.10. The maximum Gasteiger partial charge on any atom is 0.270 e. The van der Waals surface area contributed by atoms with Crippen LogP contribution in [-0.2, 0) is 6.42 Å². The highest BCUT2D eigenvalue weighted by molar-refractivity contribution is 9.10. The number of nitrogens with two attached hydrogens (primary N) is 1. The van der Waals surface area contributed by atoms with Crippen molar-refractivity contribution in [2.45, 2.75) is 19.3 Å². The Bertz CT molecular complexity index is 649. The van der Waals surface area contributed by atoms with Gasteiger partial charge >= 0.3 is 0 Å². The maximum absolute atomic E-state index is 5.56. The molecule has 1 aromatic heterocycles. The predicted octanol–water partition coefficient (Wildman–Crippen LogP) is 2.78. The van der Waals surface area contributed by atoms with E-state index in [1.54, 1.807) is 7.11 Å². The monoisotopic (exact) mass is 358 g/mol. The predicted molar refractivity (Wildman–Crippen MR) is 95.6 cm³/mol. The van der Waals surface area contributed by atoms with Gasteiger partial charge in [0.25, 0.3) is 7.41 Å². The smallest absolute Gasteiger partial charge is 0.270 e. The Morgan fingerprint density at radius 2 is 2.14 bits per heavy atom. The molecule has 0 aliphatic rings. The van der Waals surface area contributed by atoms with Crippen molar-refractivity contribution >= 4 is 40.8 Å². The minimum Gasteiger partial charge on any atom is -0.496 e. The number of aryl methyl sites for hydroxylation is 1. The fraction of sp³-hybridized carbons (Fsp3) is 0.250. The van der Waals surface area contributed by atoms with Crippen LogP contribution in [0.4, 0.5) is 5.69 Å². The van der Waals surface area contributed by atoms with Crippen LogP contribution in [0.2, 0.25) is 0 Å². The molecule has 2 N–H and O–H groups in total. The molecular formula is C16H18BBrN3O. The summed E-state index contributed by atoms with van der Waals surface area (Å²) in [7, 11) is 3.16. The second-order valence-corrected chi connectivity index (χ2v) is 5.53. The van der Waals surface area contributed by atoms with Crippen molar-refractivity contribution in [1.29, 1.82) is 0 Å². The quantitative estimate of drug-likeness (QED) is 0.358. The third-order valence-electron chi connectivity index (χ3n) is 3.23. The lowest BCUT2D eigenvalue weighted by Gasteiger charge is -2.06. The molecule has 113 valence electrons. The van der Waals surface area contributed by atoms with Crippen LogP contribution in [-0.4, -0.2) is 25.7 Å². The van der Waals surface area contributed by atoms with Crippen molar-refractivity contribution in [3.8, 4) is 5.75 Å². The lowest BCUT2D eigenvalue weighted by atomic mass is 9.89. The summed E-state index contributed by atoms with van der Waals surface area (Å²) in [6, 6.07) is 11.8. The summed E-state index contributed by atoms with van der Waals surface area (Å²) in [6.07, 6.45) is 4.77. The molecule has 2 rings (SSSR count). The summed E-state index contributed by atoms with van der Waals surface area (Å²) in [5.74, 6) is 0.941. The van der Waals surface area contributed by atoms with E-state index in [1.807, 2.05) is 36.5 Å². The number of aliphatic imine (C=N–C) groups is 1. The van der Waals surface area contributed by atoms with Crippen molar-refractivity contribution in [2.75, 3.05) is 7.11 Å². The summed E-state index contributed by atoms with van der Waals surface area (Å²) in [5.41, 5.74) is 8.24. The third kappa shape index (κ3) is 4.68. The van der Waals surface area contributed by atoms with E-state index in [9.17, 15) is 0 Å². The number of hydrogen-bond acceptors (Lipinski definition) is 4. The van der Waals surface area contributed by atoms with Crippen molar-refractivity contribution in [1.82, 2.24) is 4.98 Å². The summed E-state index contributed by atoms with van der Waals surface area (Å²) < 4.78 is 6.10. The zero-order chi connectivity index (χ0) is 15.8. The molecule has 0 fully saturated rings. The number of para-hydroxylation sites is 1. The van der Waals surface area contributed by atoms with Crippen LogP contribution in [0.3, 0.4) is 0 Å². The second-order valence-electron chi connectivity index (χ2n) is 4.72. The van der Waals surface area contributed by atoms with Crippen LogP contribution in [0.5, 0.6) is 5.75 Å². The number of unbranched alkanes of at least 4 members (excludes halogenated alkanes) is 1. The second kappa shape index (κ2) is 8.71. The van der Waals surface area contributed by atoms with Gasteiger partial charge in [-0.05, 0) is 59.0 Å². The van der Waals surface area contributed by atoms with Crippen molar-refractivity contribution in [2.24, 2.45) is 10.6 Å². The zero-order valence-electron chi connectivity index (χ0n) is 12.5. The maximum atomic E-state index is 5.56. The number of methoxy groups -OCH3 is 1. The molecule has 0 aliphatic carbocycles. The molecule has 6 heteroatoms. The summed E-state index contributed by atoms with van der Waals surface area (Å²) in [4.78, 5) is 8.71. The van der Waals surface area contributed by atoms with Crippen LogP contribution in [0, 0.1) is 0 Å². The van der Waals surface area contributed by atoms with Gasteiger partial charge in [0.05, 0.1) is 12.8 Å². The molecule has 4 nitrogen and oxygen atoms in total. The van der Waals surface area contributed by atoms with Gasteiger partial charge in [-0.3, -0.25) is 9.98 Å². The average molecular weight is 359 g/mol. The Hall–Kier alpha value is -1.66. The summed E-state index contributed by atoms with van der Waals surface area (Å²) >= 11 is 3.32. The molecule has 0 bridgehead atoms. The van der Waals surface area contributed by atoms with Crippen LogP contribution in [0.25, 0.3) is 0 Å². The SMILES string of the molecule is COc1ccccc1CCCC=Nc1ccc(Br)nc1[B]N. The van der Waals surface area contributed by atoms with E-state index in [0.717, 1.165) is 35.3 Å². The van der Waals surface area contributed by atoms with Crippen molar-refractivity contribution in [3.05, 3.63) is 46.6 Å². The number of ether oxygens (including phenoxy) is 1. The Balaban J connectivity index is 1.88. The van der Waals surface area contributed by atoms with Gasteiger partial charge in [-0.15, -0.1) is 0 Å². The molecule has 1 heterocycles. The molecule has 1 aromatic carbocycles. The van der Waals surface area contributed by atoms with Gasteiger partial charge in [0.1, 0.15) is 10.4 Å². The normalized spacial score (nSPS) is 10.9. The topological polar surface area (TPSA) is 60.5 Å². The van der Waals surface area contributed by atoms with Gasteiger partial charge in [0.2, 0.25) is 0 Å². The van der Waals surface area contributed by atoms with Gasteiger partial charge in [0, 0.05) is 11.8 Å². The molecule has 0 spiro atoms. The molecule has 22 heavy (non-hydrogen) atoms. The highest BCUT2D eigenvalue weighted by Crippen LogP contribution is 2.19. The standard InChI is InChI=1S/C16H18BBrN3O/c1-22-14-8-3-2-6-12(14)7-4-5-11-20-13-9-10-15(18)21-16(13)17-19/h2-3,6,8-11H,4-5,7,19H2,1H3. The van der Waals surface area contributed by atoms with E-state index in [0.29, 0.717) is 5.59 Å². The average Bonchev–Trinajstić information content (AvgIpc) is 2.56. The molecule has 0 saturated carbocycles. The number of nitrogens with zero attached hydrogens (tertiary/aromatic N) is 2. The minimum absolute atomic E-state index is 0.676. The van der Waals surface area contributed by atoms with Gasteiger partial charge in [-0.25, -0.2) is 0 Å². The van der Waals surface area contributed by atoms with Crippen molar-refractivity contribution < 1.29 is 4.74 Å². The van der Waals surface area contributed by atoms with Gasteiger partial charge in [0.15, 0.2) is 0 Å². The zero-order valence-corrected chi connectivity index (χ0v) is 14.1. The van der Waals surface area contributed by atoms with Crippen LogP contribution in [0.1, 0.15) is 18.4 Å². The van der Waals surface area contributed by atoms with Crippen LogP contribution < -0.4 is 16.0 Å². The van der Waals surface area contributed by atoms with Crippen molar-refractivity contribution in [3.63, 3.8) is 0 Å². The Morgan fingerprint density at radius 1 is 1.32 bits per heavy atom. The lowest BCUT2D eigenvalue weighted by molar-refractivity contribution is 0.409. The minimum atomic E-state index is 0.676. The first-order chi connectivity index (χ1) is 10.7. The number of rotatable bonds is 7. The van der Waals surface area contributed by atoms with E-state index >= 15 is 0 Å². The largest absolute Gasteiger partial charge is 0.496 e. The summed E-state index contributed by atoms with van der Waals surface area (Å²) in [5, 5.41) is 0. The van der Waals surface area contributed by atoms with E-state index in [4.69, 9.17) is 10.4 Å². The molecule has 0 aliphatic heterocycles. The molecule has 1 radical (unpaired) electrons. The number of pyridine rings is 1. The van der Waals surface area contributed by atoms with Crippen LogP contribution >= 0.6 is 15.9 Å². The molecule has 0 saturated heterocycles. The van der Waals surface area contributed by atoms with Gasteiger partial charge in [-0.1, -0.05) is 18.2 Å². The first-order valence-corrected chi connectivity index (χ1v) is 7.90. The fourth-order valence-corrected chi connectivity index (χ4v) is 2.45. The highest BCUT2D eigenvalue weighted by atomic mass is 79.9. The van der Waals surface area contributed by atoms with E-state index in [2.05, 4.69) is 32.0 Å². The van der Waals surface area contributed by atoms with E-state index in [1.165, 1.54) is 13.0 Å². The highest BCUT2D eigenvalue weighted by Gasteiger charge is 2.03. The molecule has 2 aromatic rings. The number of halogens is 1. The Labute approximate surface area is 140 Å². The number of hydrogen-bond donors (Lipinski definition) is 1. The van der Waals surface area contributed by atoms with E-state index < -0.39 is 0 Å². The fourth-order valence-electron chi connectivity index (χ4n) is 2.13. The van der Waals surface area contributed by atoms with Gasteiger partial charge in [-0.2, -0.15) is 0 Å². The molecule has 0 atom stereocenters. The van der Waals surface area contributed by atoms with Gasteiger partial charge < -0.3 is 10.4 Å². The number of benzene rings is 1. The Morgan fingerprint density at radius 3 is 2.91 bits per heavy atom. The number of aromatic nitrogens is 1. The molecule has 0 unspecified atom stereocenters. The third-order valence-corrected chi connectivity index (χ3v) is 3.67. The first kappa shape index (κ1) is 16.7. The molecular weight excluding hydrogens is 341 g/mol. The Kier molecular flexibility index (Phi) is 6.61. The lowest BCUT2D eigenvalue weighted by Crippen LogP contribution is -2.26. The summed E-state index contributed by atoms with van der Waals surface area (Å²) in [6.45, 7) is 0. The van der Waals surface area contributed by atoms with E-state index in [-0.39, 0.29) is 0 Å².